The average molecular weight is 290 g/mol. The van der Waals surface area contributed by atoms with E-state index < -0.39 is 0 Å². The Kier molecular flexibility index (Phi) is 5.59. The topological polar surface area (TPSA) is 38.0 Å². The van der Waals surface area contributed by atoms with Crippen LogP contribution >= 0.6 is 11.8 Å². The highest BCUT2D eigenvalue weighted by Gasteiger charge is 2.10. The Morgan fingerprint density at radius 1 is 1.20 bits per heavy atom. The molecule has 2 aromatic rings. The average Bonchev–Trinajstić information content (AvgIpc) is 2.45. The molecule has 0 amide bonds. The van der Waals surface area contributed by atoms with Gasteiger partial charge in [0.15, 0.2) is 0 Å². The molecule has 3 N–H and O–H groups in total. The van der Waals surface area contributed by atoms with Crippen LogP contribution in [0.25, 0.3) is 0 Å². The molecule has 2 nitrogen and oxygen atoms in total. The molecule has 2 rings (SSSR count). The molecule has 106 valence electrons. The zero-order valence-corrected chi connectivity index (χ0v) is 12.3. The molecule has 4 heteroatoms. The van der Waals surface area contributed by atoms with E-state index in [-0.39, 0.29) is 11.9 Å². The first-order valence-electron chi connectivity index (χ1n) is 6.58. The summed E-state index contributed by atoms with van der Waals surface area (Å²) in [7, 11) is 0. The van der Waals surface area contributed by atoms with Gasteiger partial charge in [-0.2, -0.15) is 0 Å². The maximum Gasteiger partial charge on any atom is 0.123 e. The van der Waals surface area contributed by atoms with Crippen LogP contribution in [0.4, 0.5) is 4.39 Å². The molecular formula is C16H19FN2S. The number of halogens is 1. The first-order chi connectivity index (χ1) is 9.69. The molecule has 2 aromatic carbocycles. The Morgan fingerprint density at radius 2 is 2.00 bits per heavy atom. The zero-order valence-electron chi connectivity index (χ0n) is 11.5. The van der Waals surface area contributed by atoms with Gasteiger partial charge in [-0.1, -0.05) is 30.3 Å². The van der Waals surface area contributed by atoms with Crippen LogP contribution in [-0.2, 0) is 6.42 Å². The molecule has 0 aromatic heterocycles. The predicted molar refractivity (Wildman–Crippen MR) is 83.1 cm³/mol. The van der Waals surface area contributed by atoms with Crippen molar-refractivity contribution in [3.05, 3.63) is 65.5 Å². The van der Waals surface area contributed by atoms with Crippen LogP contribution < -0.4 is 11.3 Å². The second-order valence-electron chi connectivity index (χ2n) is 4.77. The lowest BCUT2D eigenvalue weighted by Gasteiger charge is -2.16. The number of rotatable bonds is 6. The Morgan fingerprint density at radius 3 is 2.70 bits per heavy atom. The van der Waals surface area contributed by atoms with E-state index in [1.165, 1.54) is 16.5 Å². The number of nitrogens with one attached hydrogen (secondary N) is 1. The number of hydrazine groups is 1. The van der Waals surface area contributed by atoms with Gasteiger partial charge in [-0.05, 0) is 42.7 Å². The highest BCUT2D eigenvalue weighted by Crippen LogP contribution is 2.23. The van der Waals surface area contributed by atoms with E-state index in [4.69, 9.17) is 5.84 Å². The minimum Gasteiger partial charge on any atom is -0.271 e. The lowest BCUT2D eigenvalue weighted by molar-refractivity contribution is 0.570. The third-order valence-electron chi connectivity index (χ3n) is 3.14. The first-order valence-corrected chi connectivity index (χ1v) is 7.56. The Balaban J connectivity index is 1.94. The molecule has 0 fully saturated rings. The largest absolute Gasteiger partial charge is 0.271 e. The van der Waals surface area contributed by atoms with Crippen LogP contribution in [0.15, 0.2) is 53.4 Å². The quantitative estimate of drug-likeness (QED) is 0.487. The van der Waals surface area contributed by atoms with Crippen molar-refractivity contribution >= 4 is 11.8 Å². The van der Waals surface area contributed by atoms with E-state index in [9.17, 15) is 4.39 Å². The number of aryl methyl sites for hydroxylation is 1. The number of benzene rings is 2. The van der Waals surface area contributed by atoms with E-state index in [0.717, 1.165) is 11.3 Å². The fraction of sp³-hybridized carbons (Fsp3) is 0.250. The second-order valence-corrected chi connectivity index (χ2v) is 5.84. The fourth-order valence-corrected chi connectivity index (χ4v) is 3.09. The van der Waals surface area contributed by atoms with Crippen LogP contribution in [0.1, 0.15) is 11.1 Å². The molecule has 0 spiro atoms. The standard InChI is InChI=1S/C16H19FN2S/c1-12-5-2-3-8-16(12)20-11-15(19-18)10-13-6-4-7-14(17)9-13/h2-9,15,19H,10-11,18H2,1H3. The molecular weight excluding hydrogens is 271 g/mol. The van der Waals surface area contributed by atoms with Crippen molar-refractivity contribution in [2.24, 2.45) is 5.84 Å². The lowest BCUT2D eigenvalue weighted by Crippen LogP contribution is -2.38. The maximum absolute atomic E-state index is 13.2. The van der Waals surface area contributed by atoms with E-state index in [2.05, 4.69) is 24.5 Å². The first kappa shape index (κ1) is 15.0. The summed E-state index contributed by atoms with van der Waals surface area (Å²) < 4.78 is 13.2. The van der Waals surface area contributed by atoms with Gasteiger partial charge in [0.1, 0.15) is 5.82 Å². The van der Waals surface area contributed by atoms with Gasteiger partial charge < -0.3 is 0 Å². The molecule has 0 saturated carbocycles. The summed E-state index contributed by atoms with van der Waals surface area (Å²) in [5, 5.41) is 0. The van der Waals surface area contributed by atoms with E-state index >= 15 is 0 Å². The van der Waals surface area contributed by atoms with E-state index in [1.54, 1.807) is 23.9 Å². The molecule has 1 unspecified atom stereocenters. The minimum absolute atomic E-state index is 0.112. The summed E-state index contributed by atoms with van der Waals surface area (Å²) in [5.74, 6) is 6.25. The van der Waals surface area contributed by atoms with Crippen molar-refractivity contribution in [1.29, 1.82) is 0 Å². The van der Waals surface area contributed by atoms with Crippen LogP contribution in [0.3, 0.4) is 0 Å². The number of nitrogens with two attached hydrogens (primary N) is 1. The highest BCUT2D eigenvalue weighted by molar-refractivity contribution is 7.99. The number of hydrogen-bond donors (Lipinski definition) is 2. The van der Waals surface area contributed by atoms with Gasteiger partial charge in [0.25, 0.3) is 0 Å². The smallest absolute Gasteiger partial charge is 0.123 e. The van der Waals surface area contributed by atoms with Crippen molar-refractivity contribution in [3.63, 3.8) is 0 Å². The van der Waals surface area contributed by atoms with Gasteiger partial charge in [-0.15, -0.1) is 11.8 Å². The SMILES string of the molecule is Cc1ccccc1SCC(Cc1cccc(F)c1)NN. The summed E-state index contributed by atoms with van der Waals surface area (Å²) in [6.07, 6.45) is 0.715. The second kappa shape index (κ2) is 7.43. The fourth-order valence-electron chi connectivity index (χ4n) is 2.02. The Hall–Kier alpha value is -1.36. The zero-order chi connectivity index (χ0) is 14.4. The molecule has 0 bridgehead atoms. The lowest BCUT2D eigenvalue weighted by atomic mass is 10.1. The third-order valence-corrected chi connectivity index (χ3v) is 4.48. The van der Waals surface area contributed by atoms with Gasteiger partial charge >= 0.3 is 0 Å². The molecule has 20 heavy (non-hydrogen) atoms. The summed E-state index contributed by atoms with van der Waals surface area (Å²) in [5.41, 5.74) is 5.04. The normalized spacial score (nSPS) is 12.3. The van der Waals surface area contributed by atoms with Crippen molar-refractivity contribution in [1.82, 2.24) is 5.43 Å². The van der Waals surface area contributed by atoms with Crippen molar-refractivity contribution in [3.8, 4) is 0 Å². The summed E-state index contributed by atoms with van der Waals surface area (Å²) in [6.45, 7) is 2.10. The van der Waals surface area contributed by atoms with E-state index in [1.807, 2.05) is 18.2 Å². The number of thioether (sulfide) groups is 1. The van der Waals surface area contributed by atoms with Crippen LogP contribution in [-0.4, -0.2) is 11.8 Å². The maximum atomic E-state index is 13.2. The van der Waals surface area contributed by atoms with Crippen LogP contribution in [0.2, 0.25) is 0 Å². The molecule has 0 aliphatic rings. The van der Waals surface area contributed by atoms with Gasteiger partial charge in [-0.3, -0.25) is 11.3 Å². The van der Waals surface area contributed by atoms with Crippen LogP contribution in [0, 0.1) is 12.7 Å². The summed E-state index contributed by atoms with van der Waals surface area (Å²) >= 11 is 1.77. The van der Waals surface area contributed by atoms with Crippen molar-refractivity contribution in [2.45, 2.75) is 24.3 Å². The molecule has 0 radical (unpaired) electrons. The molecule has 0 aliphatic heterocycles. The van der Waals surface area contributed by atoms with Crippen molar-refractivity contribution in [2.75, 3.05) is 5.75 Å². The summed E-state index contributed by atoms with van der Waals surface area (Å²) in [4.78, 5) is 1.26. The van der Waals surface area contributed by atoms with Gasteiger partial charge in [0.05, 0.1) is 0 Å². The molecule has 1 atom stereocenters. The predicted octanol–water partition coefficient (Wildman–Crippen LogP) is 3.30. The Labute approximate surface area is 123 Å². The van der Waals surface area contributed by atoms with Crippen LogP contribution in [0.5, 0.6) is 0 Å². The highest BCUT2D eigenvalue weighted by atomic mass is 32.2. The molecule has 0 saturated heterocycles. The molecule has 0 aliphatic carbocycles. The van der Waals surface area contributed by atoms with E-state index in [0.29, 0.717) is 6.42 Å². The Bertz CT molecular complexity index is 560. The van der Waals surface area contributed by atoms with Gasteiger partial charge in [0, 0.05) is 16.7 Å². The summed E-state index contributed by atoms with van der Waals surface area (Å²) in [6, 6.07) is 15.0. The van der Waals surface area contributed by atoms with Gasteiger partial charge in [0.2, 0.25) is 0 Å². The van der Waals surface area contributed by atoms with Gasteiger partial charge in [-0.25, -0.2) is 4.39 Å². The third kappa shape index (κ3) is 4.34. The monoisotopic (exact) mass is 290 g/mol. The number of hydrogen-bond acceptors (Lipinski definition) is 3. The minimum atomic E-state index is -0.204. The van der Waals surface area contributed by atoms with Crippen molar-refractivity contribution < 1.29 is 4.39 Å². The molecule has 0 heterocycles.